The van der Waals surface area contributed by atoms with Crippen LogP contribution in [0.25, 0.3) is 0 Å². The number of rotatable bonds is 8. The number of amides is 2. The van der Waals surface area contributed by atoms with Gasteiger partial charge >= 0.3 is 0 Å². The molecule has 1 aromatic carbocycles. The van der Waals surface area contributed by atoms with Crippen molar-refractivity contribution in [2.45, 2.75) is 70.9 Å². The molecular weight excluding hydrogens is 316 g/mol. The van der Waals surface area contributed by atoms with E-state index in [2.05, 4.69) is 10.8 Å². The van der Waals surface area contributed by atoms with Gasteiger partial charge in [-0.2, -0.15) is 0 Å². The Hall–Kier alpha value is -1.88. The molecule has 1 unspecified atom stereocenters. The van der Waals surface area contributed by atoms with E-state index in [4.69, 9.17) is 4.84 Å². The molecule has 1 aliphatic carbocycles. The van der Waals surface area contributed by atoms with Crippen LogP contribution in [0.3, 0.4) is 0 Å². The van der Waals surface area contributed by atoms with Gasteiger partial charge in [-0.05, 0) is 24.8 Å². The minimum Gasteiger partial charge on any atom is -0.353 e. The number of benzene rings is 1. The second-order valence-corrected chi connectivity index (χ2v) is 7.08. The second kappa shape index (κ2) is 10.2. The van der Waals surface area contributed by atoms with Crippen molar-refractivity contribution >= 4 is 11.8 Å². The summed E-state index contributed by atoms with van der Waals surface area (Å²) in [5.41, 5.74) is 3.47. The van der Waals surface area contributed by atoms with E-state index < -0.39 is 0 Å². The first-order chi connectivity index (χ1) is 12.1. The number of hydrogen-bond acceptors (Lipinski definition) is 3. The zero-order chi connectivity index (χ0) is 18.1. The molecule has 138 valence electrons. The normalized spacial score (nSPS) is 16.4. The maximum absolute atomic E-state index is 12.2. The summed E-state index contributed by atoms with van der Waals surface area (Å²) >= 11 is 0. The molecule has 2 N–H and O–H groups in total. The van der Waals surface area contributed by atoms with Gasteiger partial charge in [0, 0.05) is 18.4 Å². The molecule has 0 heterocycles. The van der Waals surface area contributed by atoms with E-state index in [1.54, 1.807) is 0 Å². The lowest BCUT2D eigenvalue weighted by Crippen LogP contribution is -2.36. The van der Waals surface area contributed by atoms with Gasteiger partial charge in [-0.3, -0.25) is 14.4 Å². The largest absolute Gasteiger partial charge is 0.353 e. The molecule has 0 saturated heterocycles. The fraction of sp³-hybridized carbons (Fsp3) is 0.600. The number of nitrogens with one attached hydrogen (secondary N) is 2. The van der Waals surface area contributed by atoms with Gasteiger partial charge in [0.1, 0.15) is 6.10 Å². The van der Waals surface area contributed by atoms with Crippen molar-refractivity contribution < 1.29 is 14.4 Å². The summed E-state index contributed by atoms with van der Waals surface area (Å²) in [6.45, 7) is 3.63. The highest BCUT2D eigenvalue weighted by Crippen LogP contribution is 2.22. The lowest BCUT2D eigenvalue weighted by Gasteiger charge is -2.23. The van der Waals surface area contributed by atoms with Crippen molar-refractivity contribution in [1.29, 1.82) is 0 Å². The van der Waals surface area contributed by atoms with Gasteiger partial charge in [-0.1, -0.05) is 63.4 Å². The van der Waals surface area contributed by atoms with E-state index in [9.17, 15) is 9.59 Å². The summed E-state index contributed by atoms with van der Waals surface area (Å²) in [5, 5.41) is 3.13. The van der Waals surface area contributed by atoms with E-state index in [-0.39, 0.29) is 23.8 Å². The molecule has 1 aliphatic rings. The molecule has 5 heteroatoms. The number of hydroxylamine groups is 1. The van der Waals surface area contributed by atoms with E-state index in [1.807, 2.05) is 44.2 Å². The Morgan fingerprint density at radius 1 is 1.12 bits per heavy atom. The van der Waals surface area contributed by atoms with Crippen molar-refractivity contribution in [1.82, 2.24) is 10.8 Å². The summed E-state index contributed by atoms with van der Waals surface area (Å²) in [4.78, 5) is 29.6. The Labute approximate surface area is 150 Å². The number of carbonyl (C=O) groups excluding carboxylic acids is 2. The zero-order valence-corrected chi connectivity index (χ0v) is 15.3. The molecule has 1 fully saturated rings. The monoisotopic (exact) mass is 346 g/mol. The van der Waals surface area contributed by atoms with Crippen LogP contribution in [0.15, 0.2) is 30.3 Å². The average Bonchev–Trinajstić information content (AvgIpc) is 2.63. The van der Waals surface area contributed by atoms with E-state index >= 15 is 0 Å². The smallest absolute Gasteiger partial charge is 0.246 e. The molecule has 5 nitrogen and oxygen atoms in total. The summed E-state index contributed by atoms with van der Waals surface area (Å²) in [6.07, 6.45) is 6.40. The third-order valence-corrected chi connectivity index (χ3v) is 4.60. The number of hydrogen-bond donors (Lipinski definition) is 2. The molecule has 2 amide bonds. The molecule has 1 aromatic rings. The molecule has 0 radical (unpaired) electrons. The van der Waals surface area contributed by atoms with Gasteiger partial charge in [0.05, 0.1) is 0 Å². The van der Waals surface area contributed by atoms with Crippen LogP contribution in [-0.2, 0) is 14.4 Å². The van der Waals surface area contributed by atoms with Crippen LogP contribution in [0.4, 0.5) is 0 Å². The summed E-state index contributed by atoms with van der Waals surface area (Å²) < 4.78 is 0. The van der Waals surface area contributed by atoms with Crippen molar-refractivity contribution in [3.8, 4) is 0 Å². The van der Waals surface area contributed by atoms with Crippen LogP contribution in [-0.4, -0.2) is 17.9 Å². The Morgan fingerprint density at radius 3 is 2.44 bits per heavy atom. The fourth-order valence-electron chi connectivity index (χ4n) is 3.02. The SMILES string of the molecule is CC(C)C(=O)NOC(CCC(=O)NC1CCCCC1)c1ccccc1. The summed E-state index contributed by atoms with van der Waals surface area (Å²) in [7, 11) is 0. The van der Waals surface area contributed by atoms with Crippen molar-refractivity contribution in [2.75, 3.05) is 0 Å². The lowest BCUT2D eigenvalue weighted by molar-refractivity contribution is -0.142. The Kier molecular flexibility index (Phi) is 7.92. The lowest BCUT2D eigenvalue weighted by atomic mass is 9.95. The van der Waals surface area contributed by atoms with Crippen molar-refractivity contribution in [3.05, 3.63) is 35.9 Å². The third kappa shape index (κ3) is 6.86. The Morgan fingerprint density at radius 2 is 1.80 bits per heavy atom. The van der Waals surface area contributed by atoms with Crippen molar-refractivity contribution in [3.63, 3.8) is 0 Å². The van der Waals surface area contributed by atoms with Gasteiger partial charge in [-0.15, -0.1) is 0 Å². The first-order valence-corrected chi connectivity index (χ1v) is 9.36. The molecule has 2 rings (SSSR count). The molecule has 25 heavy (non-hydrogen) atoms. The first kappa shape index (κ1) is 19.4. The third-order valence-electron chi connectivity index (χ3n) is 4.60. The Bertz CT molecular complexity index is 539. The van der Waals surface area contributed by atoms with Crippen LogP contribution in [0.5, 0.6) is 0 Å². The molecular formula is C20H30N2O3. The second-order valence-electron chi connectivity index (χ2n) is 7.08. The van der Waals surface area contributed by atoms with E-state index in [1.165, 1.54) is 19.3 Å². The molecule has 0 aromatic heterocycles. The van der Waals surface area contributed by atoms with Gasteiger partial charge < -0.3 is 5.32 Å². The maximum atomic E-state index is 12.2. The first-order valence-electron chi connectivity index (χ1n) is 9.36. The predicted molar refractivity (Wildman–Crippen MR) is 97.5 cm³/mol. The molecule has 0 bridgehead atoms. The minimum absolute atomic E-state index is 0.0617. The summed E-state index contributed by atoms with van der Waals surface area (Å²) in [6, 6.07) is 10.0. The van der Waals surface area contributed by atoms with Gasteiger partial charge in [0.15, 0.2) is 0 Å². The highest BCUT2D eigenvalue weighted by molar-refractivity contribution is 5.77. The van der Waals surface area contributed by atoms with Crippen LogP contribution in [0.2, 0.25) is 0 Å². The highest BCUT2D eigenvalue weighted by atomic mass is 16.7. The van der Waals surface area contributed by atoms with Crippen LogP contribution in [0, 0.1) is 5.92 Å². The van der Waals surface area contributed by atoms with Gasteiger partial charge in [0.2, 0.25) is 11.8 Å². The van der Waals surface area contributed by atoms with Crippen LogP contribution >= 0.6 is 0 Å². The zero-order valence-electron chi connectivity index (χ0n) is 15.3. The van der Waals surface area contributed by atoms with Crippen molar-refractivity contribution in [2.24, 2.45) is 5.92 Å². The minimum atomic E-state index is -0.332. The highest BCUT2D eigenvalue weighted by Gasteiger charge is 2.19. The van der Waals surface area contributed by atoms with E-state index in [0.717, 1.165) is 18.4 Å². The molecule has 0 aliphatic heterocycles. The van der Waals surface area contributed by atoms with Crippen LogP contribution < -0.4 is 10.8 Å². The average molecular weight is 346 g/mol. The summed E-state index contributed by atoms with van der Waals surface area (Å²) in [5.74, 6) is -0.245. The number of carbonyl (C=O) groups is 2. The molecule has 1 saturated carbocycles. The molecule has 0 spiro atoms. The van der Waals surface area contributed by atoms with Crippen LogP contribution in [0.1, 0.15) is 70.5 Å². The Balaban J connectivity index is 1.86. The van der Waals surface area contributed by atoms with E-state index in [0.29, 0.717) is 18.9 Å². The maximum Gasteiger partial charge on any atom is 0.246 e. The topological polar surface area (TPSA) is 67.4 Å². The molecule has 1 atom stereocenters. The standard InChI is InChI=1S/C20H30N2O3/c1-15(2)20(24)22-25-18(16-9-5-3-6-10-16)13-14-19(23)21-17-11-7-4-8-12-17/h3,5-6,9-10,15,17-18H,4,7-8,11-14H2,1-2H3,(H,21,23)(H,22,24). The predicted octanol–water partition coefficient (Wildman–Crippen LogP) is 3.66. The quantitative estimate of drug-likeness (QED) is 0.706. The van der Waals surface area contributed by atoms with Gasteiger partial charge in [-0.25, -0.2) is 5.48 Å². The fourth-order valence-corrected chi connectivity index (χ4v) is 3.02. The van der Waals surface area contributed by atoms with Gasteiger partial charge in [0.25, 0.3) is 0 Å².